The first-order valence-corrected chi connectivity index (χ1v) is 6.68. The van der Waals surface area contributed by atoms with Gasteiger partial charge in [-0.25, -0.2) is 0 Å². The molecule has 0 aliphatic carbocycles. The van der Waals surface area contributed by atoms with Crippen molar-refractivity contribution >= 4 is 21.6 Å². The first kappa shape index (κ1) is 16.3. The number of alkyl halides is 3. The Morgan fingerprint density at radius 3 is 2.21 bits per heavy atom. The van der Waals surface area contributed by atoms with Crippen LogP contribution in [0, 0.1) is 0 Å². The molecule has 0 aromatic heterocycles. The molecule has 0 saturated heterocycles. The van der Waals surface area contributed by atoms with Gasteiger partial charge in [0.2, 0.25) is 0 Å². The number of nitrogens with zero attached hydrogens (tertiary/aromatic N) is 1. The number of rotatable bonds is 4. The Balaban J connectivity index is 3.07. The zero-order valence-electron chi connectivity index (χ0n) is 11.1. The van der Waals surface area contributed by atoms with Crippen LogP contribution in [0.3, 0.4) is 0 Å². The van der Waals surface area contributed by atoms with Crippen LogP contribution in [-0.2, 0) is 6.18 Å². The Kier molecular flexibility index (Phi) is 4.90. The minimum Gasteiger partial charge on any atom is -0.389 e. The molecule has 0 atom stereocenters. The number of aliphatic hydroxyl groups is 1. The Hall–Kier alpha value is -0.750. The molecule has 0 bridgehead atoms. The van der Waals surface area contributed by atoms with Crippen LogP contribution in [0.1, 0.15) is 26.3 Å². The van der Waals surface area contributed by atoms with Crippen LogP contribution < -0.4 is 4.90 Å². The lowest BCUT2D eigenvalue weighted by Crippen LogP contribution is -2.38. The molecule has 0 saturated carbocycles. The van der Waals surface area contributed by atoms with E-state index in [1.54, 1.807) is 13.8 Å². The first-order chi connectivity index (χ1) is 8.54. The fraction of sp³-hybridized carbons (Fsp3) is 0.538. The summed E-state index contributed by atoms with van der Waals surface area (Å²) in [6.45, 7) is 6.14. The van der Waals surface area contributed by atoms with Crippen LogP contribution in [0.2, 0.25) is 0 Å². The molecule has 1 N–H and O–H groups in total. The summed E-state index contributed by atoms with van der Waals surface area (Å²) >= 11 is 3.17. The molecule has 0 spiro atoms. The lowest BCUT2D eigenvalue weighted by atomic mass is 10.1. The van der Waals surface area contributed by atoms with Crippen molar-refractivity contribution in [2.75, 3.05) is 18.0 Å². The van der Waals surface area contributed by atoms with E-state index in [1.807, 2.05) is 11.8 Å². The Labute approximate surface area is 119 Å². The molecule has 0 amide bonds. The van der Waals surface area contributed by atoms with Crippen molar-refractivity contribution in [3.63, 3.8) is 0 Å². The number of likely N-dealkylation sites (N-methyl/N-ethyl adjacent to an activating group) is 1. The summed E-state index contributed by atoms with van der Waals surface area (Å²) in [7, 11) is 0. The largest absolute Gasteiger partial charge is 0.416 e. The van der Waals surface area contributed by atoms with Crippen molar-refractivity contribution in [2.45, 2.75) is 32.5 Å². The molecule has 0 aliphatic heterocycles. The average molecular weight is 340 g/mol. The van der Waals surface area contributed by atoms with Gasteiger partial charge in [-0.05, 0) is 54.9 Å². The molecule has 108 valence electrons. The topological polar surface area (TPSA) is 23.5 Å². The maximum Gasteiger partial charge on any atom is 0.416 e. The van der Waals surface area contributed by atoms with Crippen LogP contribution in [0.25, 0.3) is 0 Å². The minimum absolute atomic E-state index is 0.341. The lowest BCUT2D eigenvalue weighted by Gasteiger charge is -2.30. The second-order valence-electron chi connectivity index (χ2n) is 4.99. The number of hydrogen-bond donors (Lipinski definition) is 1. The van der Waals surface area contributed by atoms with Gasteiger partial charge in [0, 0.05) is 17.6 Å². The van der Waals surface area contributed by atoms with Crippen molar-refractivity contribution in [1.29, 1.82) is 0 Å². The summed E-state index contributed by atoms with van der Waals surface area (Å²) in [5, 5.41) is 9.82. The van der Waals surface area contributed by atoms with Crippen LogP contribution in [0.4, 0.5) is 18.9 Å². The number of halogens is 4. The maximum atomic E-state index is 12.6. The highest BCUT2D eigenvalue weighted by molar-refractivity contribution is 9.10. The van der Waals surface area contributed by atoms with Gasteiger partial charge in [-0.2, -0.15) is 13.2 Å². The van der Waals surface area contributed by atoms with E-state index in [0.717, 1.165) is 12.1 Å². The van der Waals surface area contributed by atoms with E-state index in [0.29, 0.717) is 23.2 Å². The van der Waals surface area contributed by atoms with Crippen molar-refractivity contribution < 1.29 is 18.3 Å². The summed E-state index contributed by atoms with van der Waals surface area (Å²) < 4.78 is 38.1. The molecular weight excluding hydrogens is 323 g/mol. The second kappa shape index (κ2) is 5.71. The highest BCUT2D eigenvalue weighted by Crippen LogP contribution is 2.35. The van der Waals surface area contributed by atoms with E-state index in [-0.39, 0.29) is 0 Å². The zero-order valence-corrected chi connectivity index (χ0v) is 12.6. The molecule has 0 heterocycles. The van der Waals surface area contributed by atoms with Gasteiger partial charge < -0.3 is 10.0 Å². The summed E-state index contributed by atoms with van der Waals surface area (Å²) in [4.78, 5) is 1.82. The molecule has 2 nitrogen and oxygen atoms in total. The van der Waals surface area contributed by atoms with Gasteiger partial charge >= 0.3 is 6.18 Å². The van der Waals surface area contributed by atoms with Gasteiger partial charge in [-0.3, -0.25) is 0 Å². The van der Waals surface area contributed by atoms with Gasteiger partial charge in [0.05, 0.1) is 16.9 Å². The van der Waals surface area contributed by atoms with E-state index in [2.05, 4.69) is 15.9 Å². The summed E-state index contributed by atoms with van der Waals surface area (Å²) in [5.74, 6) is 0. The van der Waals surface area contributed by atoms with E-state index in [4.69, 9.17) is 0 Å². The van der Waals surface area contributed by atoms with E-state index in [9.17, 15) is 18.3 Å². The highest BCUT2D eigenvalue weighted by atomic mass is 79.9. The molecule has 1 aromatic rings. The van der Waals surface area contributed by atoms with Crippen LogP contribution in [0.15, 0.2) is 22.7 Å². The molecule has 0 aliphatic rings. The fourth-order valence-electron chi connectivity index (χ4n) is 1.77. The normalized spacial score (nSPS) is 12.6. The molecule has 1 rings (SSSR count). The molecule has 19 heavy (non-hydrogen) atoms. The average Bonchev–Trinajstić information content (AvgIpc) is 2.23. The molecule has 0 fully saturated rings. The molecular formula is C13H17BrF3NO. The van der Waals surface area contributed by atoms with Gasteiger partial charge in [0.25, 0.3) is 0 Å². The quantitative estimate of drug-likeness (QED) is 0.893. The highest BCUT2D eigenvalue weighted by Gasteiger charge is 2.31. The van der Waals surface area contributed by atoms with E-state index in [1.165, 1.54) is 6.07 Å². The van der Waals surface area contributed by atoms with Crippen molar-refractivity contribution in [3.8, 4) is 0 Å². The predicted octanol–water partition coefficient (Wildman–Crippen LogP) is 4.07. The summed E-state index contributed by atoms with van der Waals surface area (Å²) in [6, 6.07) is 3.53. The molecule has 0 radical (unpaired) electrons. The molecule has 6 heteroatoms. The smallest absolute Gasteiger partial charge is 0.389 e. The first-order valence-electron chi connectivity index (χ1n) is 5.88. The molecule has 1 aromatic carbocycles. The predicted molar refractivity (Wildman–Crippen MR) is 73.3 cm³/mol. The van der Waals surface area contributed by atoms with E-state index < -0.39 is 17.3 Å². The maximum absolute atomic E-state index is 12.6. The third kappa shape index (κ3) is 4.69. The Bertz CT molecular complexity index is 440. The Morgan fingerprint density at radius 2 is 1.84 bits per heavy atom. The zero-order chi connectivity index (χ0) is 14.8. The number of anilines is 1. The SMILES string of the molecule is CCN(CC(C)(C)O)c1ccc(C(F)(F)F)cc1Br. The number of benzene rings is 1. The summed E-state index contributed by atoms with van der Waals surface area (Å²) in [6.07, 6.45) is -4.35. The van der Waals surface area contributed by atoms with E-state index >= 15 is 0 Å². The summed E-state index contributed by atoms with van der Waals surface area (Å²) in [5.41, 5.74) is -0.974. The molecule has 0 unspecified atom stereocenters. The van der Waals surface area contributed by atoms with Crippen molar-refractivity contribution in [1.82, 2.24) is 0 Å². The van der Waals surface area contributed by atoms with Gasteiger partial charge in [-0.15, -0.1) is 0 Å². The van der Waals surface area contributed by atoms with Crippen molar-refractivity contribution in [3.05, 3.63) is 28.2 Å². The van der Waals surface area contributed by atoms with Crippen molar-refractivity contribution in [2.24, 2.45) is 0 Å². The van der Waals surface area contributed by atoms with Crippen LogP contribution >= 0.6 is 15.9 Å². The monoisotopic (exact) mass is 339 g/mol. The third-order valence-electron chi connectivity index (χ3n) is 2.58. The van der Waals surface area contributed by atoms with Gasteiger partial charge in [0.15, 0.2) is 0 Å². The van der Waals surface area contributed by atoms with Gasteiger partial charge in [-0.1, -0.05) is 0 Å². The second-order valence-corrected chi connectivity index (χ2v) is 5.84. The number of hydrogen-bond acceptors (Lipinski definition) is 2. The van der Waals surface area contributed by atoms with Crippen LogP contribution in [-0.4, -0.2) is 23.8 Å². The lowest BCUT2D eigenvalue weighted by molar-refractivity contribution is -0.137. The fourth-order valence-corrected chi connectivity index (χ4v) is 2.40. The third-order valence-corrected chi connectivity index (χ3v) is 3.21. The standard InChI is InChI=1S/C13H17BrF3NO/c1-4-18(8-12(2,3)19)11-6-5-9(7-10(11)14)13(15,16)17/h5-7,19H,4,8H2,1-3H3. The Morgan fingerprint density at radius 1 is 1.26 bits per heavy atom. The minimum atomic E-state index is -4.35. The van der Waals surface area contributed by atoms with Gasteiger partial charge in [0.1, 0.15) is 0 Å². The van der Waals surface area contributed by atoms with Crippen LogP contribution in [0.5, 0.6) is 0 Å².